The number of aliphatic carboxylic acids is 1. The van der Waals surface area contributed by atoms with Gasteiger partial charge in [-0.1, -0.05) is 43.7 Å². The number of unbranched alkanes of at least 4 members (excludes halogenated alkanes) is 1. The van der Waals surface area contributed by atoms with Crippen LogP contribution in [0.25, 0.3) is 11.1 Å². The smallest absolute Gasteiger partial charge is 0.341 e. The second kappa shape index (κ2) is 11.1. The van der Waals surface area contributed by atoms with Crippen LogP contribution in [-0.4, -0.2) is 35.0 Å². The van der Waals surface area contributed by atoms with E-state index in [1.54, 1.807) is 30.3 Å². The summed E-state index contributed by atoms with van der Waals surface area (Å²) in [7, 11) is 1.52. The zero-order valence-corrected chi connectivity index (χ0v) is 18.7. The van der Waals surface area contributed by atoms with Crippen molar-refractivity contribution in [1.82, 2.24) is 0 Å². The van der Waals surface area contributed by atoms with Crippen molar-refractivity contribution in [2.24, 2.45) is 0 Å². The second-order valence-corrected chi connectivity index (χ2v) is 7.60. The first-order valence-corrected chi connectivity index (χ1v) is 10.8. The number of allylic oxidation sites excluding steroid dienone is 1. The van der Waals surface area contributed by atoms with E-state index in [4.69, 9.17) is 14.6 Å². The highest BCUT2D eigenvalue weighted by molar-refractivity contribution is 5.99. The monoisotopic (exact) mass is 448 g/mol. The molecule has 3 aromatic rings. The number of carbonyl (C=O) groups is 1. The summed E-state index contributed by atoms with van der Waals surface area (Å²) >= 11 is 0. The third-order valence-corrected chi connectivity index (χ3v) is 5.26. The third kappa shape index (κ3) is 6.07. The summed E-state index contributed by atoms with van der Waals surface area (Å²) in [4.78, 5) is 10.9. The quantitative estimate of drug-likeness (QED) is 0.343. The minimum Gasteiger partial charge on any atom is -0.508 e. The minimum atomic E-state index is -1.06. The Morgan fingerprint density at radius 3 is 1.85 bits per heavy atom. The zero-order chi connectivity index (χ0) is 23.8. The molecule has 172 valence electrons. The van der Waals surface area contributed by atoms with Crippen molar-refractivity contribution >= 4 is 17.1 Å². The lowest BCUT2D eigenvalue weighted by atomic mass is 9.87. The molecule has 33 heavy (non-hydrogen) atoms. The number of ether oxygens (including phenoxy) is 2. The summed E-state index contributed by atoms with van der Waals surface area (Å²) in [5.41, 5.74) is 4.81. The molecule has 0 aliphatic rings. The lowest BCUT2D eigenvalue weighted by Crippen LogP contribution is -2.10. The standard InChI is InChI=1S/C27H28O6/c1-3-4-5-23(20-10-15-24(25(16-20)32-2)33-17-26(30)31)27(18-6-11-21(28)12-7-18)19-8-13-22(29)14-9-19/h6-16,28-29H,3-5,17H2,1-2H3,(H,30,31). The van der Waals surface area contributed by atoms with Gasteiger partial charge in [-0.05, 0) is 77.1 Å². The molecule has 0 saturated carbocycles. The predicted molar refractivity (Wildman–Crippen MR) is 128 cm³/mol. The first-order valence-electron chi connectivity index (χ1n) is 10.8. The SMILES string of the molecule is CCCCC(=C(c1ccc(O)cc1)c1ccc(O)cc1)c1ccc(OCC(=O)O)c(OC)c1. The van der Waals surface area contributed by atoms with E-state index >= 15 is 0 Å². The van der Waals surface area contributed by atoms with Gasteiger partial charge in [-0.2, -0.15) is 0 Å². The van der Waals surface area contributed by atoms with Gasteiger partial charge >= 0.3 is 5.97 Å². The Morgan fingerprint density at radius 1 is 0.818 bits per heavy atom. The molecule has 0 saturated heterocycles. The number of phenols is 2. The highest BCUT2D eigenvalue weighted by Gasteiger charge is 2.17. The van der Waals surface area contributed by atoms with Crippen LogP contribution in [0.3, 0.4) is 0 Å². The molecule has 0 fully saturated rings. The maximum atomic E-state index is 10.9. The number of carboxylic acid groups (broad SMARTS) is 1. The van der Waals surface area contributed by atoms with Gasteiger partial charge in [0.05, 0.1) is 7.11 Å². The molecule has 3 rings (SSSR count). The van der Waals surface area contributed by atoms with Gasteiger partial charge in [0.1, 0.15) is 11.5 Å². The van der Waals surface area contributed by atoms with Crippen molar-refractivity contribution in [1.29, 1.82) is 0 Å². The van der Waals surface area contributed by atoms with Crippen molar-refractivity contribution < 1.29 is 29.6 Å². The van der Waals surface area contributed by atoms with Gasteiger partial charge in [0.2, 0.25) is 0 Å². The van der Waals surface area contributed by atoms with Gasteiger partial charge in [-0.25, -0.2) is 4.79 Å². The topological polar surface area (TPSA) is 96.2 Å². The fraction of sp³-hybridized carbons (Fsp3) is 0.222. The van der Waals surface area contributed by atoms with E-state index in [-0.39, 0.29) is 11.5 Å². The molecule has 0 aromatic heterocycles. The number of benzene rings is 3. The van der Waals surface area contributed by atoms with Crippen LogP contribution in [0.5, 0.6) is 23.0 Å². The number of aromatic hydroxyl groups is 2. The average Bonchev–Trinajstić information content (AvgIpc) is 2.82. The lowest BCUT2D eigenvalue weighted by molar-refractivity contribution is -0.139. The van der Waals surface area contributed by atoms with Gasteiger partial charge in [-0.3, -0.25) is 0 Å². The van der Waals surface area contributed by atoms with Gasteiger partial charge in [0.25, 0.3) is 0 Å². The molecular formula is C27H28O6. The molecule has 0 aliphatic heterocycles. The molecule has 3 N–H and O–H groups in total. The molecule has 0 amide bonds. The van der Waals surface area contributed by atoms with Crippen molar-refractivity contribution in [2.75, 3.05) is 13.7 Å². The van der Waals surface area contributed by atoms with Gasteiger partial charge in [0.15, 0.2) is 18.1 Å². The summed E-state index contributed by atoms with van der Waals surface area (Å²) < 4.78 is 10.9. The third-order valence-electron chi connectivity index (χ3n) is 5.26. The van der Waals surface area contributed by atoms with E-state index in [0.29, 0.717) is 11.5 Å². The Bertz CT molecular complexity index is 1070. The van der Waals surface area contributed by atoms with Gasteiger partial charge in [0, 0.05) is 0 Å². The van der Waals surface area contributed by atoms with Gasteiger partial charge < -0.3 is 24.8 Å². The van der Waals surface area contributed by atoms with E-state index < -0.39 is 12.6 Å². The Hall–Kier alpha value is -3.93. The number of hydrogen-bond donors (Lipinski definition) is 3. The summed E-state index contributed by atoms with van der Waals surface area (Å²) in [6.07, 6.45) is 2.74. The van der Waals surface area contributed by atoms with Crippen LogP contribution in [0.1, 0.15) is 42.9 Å². The maximum absolute atomic E-state index is 10.9. The summed E-state index contributed by atoms with van der Waals surface area (Å²) in [6, 6.07) is 19.5. The summed E-state index contributed by atoms with van der Waals surface area (Å²) in [6.45, 7) is 1.67. The minimum absolute atomic E-state index is 0.181. The molecule has 0 bridgehead atoms. The van der Waals surface area contributed by atoms with E-state index in [2.05, 4.69) is 6.92 Å². The molecule has 6 heteroatoms. The van der Waals surface area contributed by atoms with E-state index in [1.807, 2.05) is 36.4 Å². The van der Waals surface area contributed by atoms with E-state index in [1.165, 1.54) is 7.11 Å². The lowest BCUT2D eigenvalue weighted by Gasteiger charge is -2.19. The van der Waals surface area contributed by atoms with Crippen molar-refractivity contribution in [3.63, 3.8) is 0 Å². The molecule has 0 heterocycles. The number of rotatable bonds is 10. The zero-order valence-electron chi connectivity index (χ0n) is 18.7. The van der Waals surface area contributed by atoms with Crippen molar-refractivity contribution in [2.45, 2.75) is 26.2 Å². The van der Waals surface area contributed by atoms with Crippen LogP contribution < -0.4 is 9.47 Å². The number of methoxy groups -OCH3 is 1. The normalized spacial score (nSPS) is 10.5. The van der Waals surface area contributed by atoms with Crippen LogP contribution in [-0.2, 0) is 4.79 Å². The number of carboxylic acids is 1. The summed E-state index contributed by atoms with van der Waals surface area (Å²) in [5, 5.41) is 28.6. The molecule has 6 nitrogen and oxygen atoms in total. The van der Waals surface area contributed by atoms with Crippen LogP contribution in [0.2, 0.25) is 0 Å². The van der Waals surface area contributed by atoms with E-state index in [9.17, 15) is 15.0 Å². The number of hydrogen-bond acceptors (Lipinski definition) is 5. The highest BCUT2D eigenvalue weighted by atomic mass is 16.5. The second-order valence-electron chi connectivity index (χ2n) is 7.60. The highest BCUT2D eigenvalue weighted by Crippen LogP contribution is 2.39. The van der Waals surface area contributed by atoms with E-state index in [0.717, 1.165) is 47.1 Å². The molecule has 0 atom stereocenters. The molecule has 0 radical (unpaired) electrons. The Balaban J connectivity index is 2.22. The van der Waals surface area contributed by atoms with Crippen LogP contribution in [0.15, 0.2) is 66.7 Å². The first-order chi connectivity index (χ1) is 15.9. The largest absolute Gasteiger partial charge is 0.508 e. The molecular weight excluding hydrogens is 420 g/mol. The fourth-order valence-corrected chi connectivity index (χ4v) is 3.65. The maximum Gasteiger partial charge on any atom is 0.341 e. The van der Waals surface area contributed by atoms with Crippen molar-refractivity contribution in [3.8, 4) is 23.0 Å². The van der Waals surface area contributed by atoms with Crippen LogP contribution in [0, 0.1) is 0 Å². The first kappa shape index (κ1) is 23.7. The molecule has 0 aliphatic carbocycles. The fourth-order valence-electron chi connectivity index (χ4n) is 3.65. The van der Waals surface area contributed by atoms with Crippen molar-refractivity contribution in [3.05, 3.63) is 83.4 Å². The van der Waals surface area contributed by atoms with Crippen LogP contribution >= 0.6 is 0 Å². The average molecular weight is 449 g/mol. The molecule has 3 aromatic carbocycles. The Labute approximate surface area is 193 Å². The predicted octanol–water partition coefficient (Wildman–Crippen LogP) is 5.72. The molecule has 0 unspecified atom stereocenters. The summed E-state index contributed by atoms with van der Waals surface area (Å²) in [5.74, 6) is 0.0976. The Morgan fingerprint density at radius 2 is 1.36 bits per heavy atom. The van der Waals surface area contributed by atoms with Crippen LogP contribution in [0.4, 0.5) is 0 Å². The number of phenolic OH excluding ortho intramolecular Hbond substituents is 2. The van der Waals surface area contributed by atoms with Gasteiger partial charge in [-0.15, -0.1) is 0 Å². The molecule has 0 spiro atoms. The Kier molecular flexibility index (Phi) is 7.97.